The quantitative estimate of drug-likeness (QED) is 0.791. The minimum Gasteiger partial charge on any atom is -0.365 e. The lowest BCUT2D eigenvalue weighted by Crippen LogP contribution is -2.20. The highest BCUT2D eigenvalue weighted by molar-refractivity contribution is 7.84. The topological polar surface area (TPSA) is 66.9 Å². The van der Waals surface area contributed by atoms with Crippen LogP contribution in [0.25, 0.3) is 0 Å². The van der Waals surface area contributed by atoms with Gasteiger partial charge in [-0.25, -0.2) is 9.37 Å². The molecule has 18 heavy (non-hydrogen) atoms. The molecule has 1 heterocycles. The highest BCUT2D eigenvalue weighted by atomic mass is 32.2. The molecule has 0 spiro atoms. The molecule has 1 aromatic rings. The summed E-state index contributed by atoms with van der Waals surface area (Å²) in [5, 5.41) is 5.88. The van der Waals surface area contributed by atoms with E-state index in [1.54, 1.807) is 6.26 Å². The summed E-state index contributed by atoms with van der Waals surface area (Å²) in [6.07, 6.45) is 3.49. The molecule has 2 N–H and O–H groups in total. The number of aromatic nitrogens is 2. The number of anilines is 2. The summed E-state index contributed by atoms with van der Waals surface area (Å²) in [7, 11) is -0.836. The van der Waals surface area contributed by atoms with Gasteiger partial charge in [-0.1, -0.05) is 0 Å². The summed E-state index contributed by atoms with van der Waals surface area (Å²) in [6, 6.07) is 0.00720. The van der Waals surface area contributed by atoms with Gasteiger partial charge in [0, 0.05) is 35.4 Å². The minimum atomic E-state index is -0.836. The van der Waals surface area contributed by atoms with Gasteiger partial charge in [0.25, 0.3) is 0 Å². The highest BCUT2D eigenvalue weighted by Crippen LogP contribution is 2.13. The van der Waals surface area contributed by atoms with E-state index in [0.717, 1.165) is 6.20 Å². The molecular weight excluding hydrogens is 255 g/mol. The molecule has 5 nitrogen and oxygen atoms in total. The fourth-order valence-electron chi connectivity index (χ4n) is 1.36. The third kappa shape index (κ3) is 4.95. The van der Waals surface area contributed by atoms with Crippen molar-refractivity contribution in [3.05, 3.63) is 12.0 Å². The molecule has 0 aliphatic heterocycles. The van der Waals surface area contributed by atoms with Crippen LogP contribution in [-0.2, 0) is 10.8 Å². The zero-order chi connectivity index (χ0) is 13.5. The van der Waals surface area contributed by atoms with Gasteiger partial charge in [0.05, 0.1) is 6.20 Å². The van der Waals surface area contributed by atoms with E-state index in [4.69, 9.17) is 0 Å². The summed E-state index contributed by atoms with van der Waals surface area (Å²) < 4.78 is 24.5. The Labute approximate surface area is 109 Å². The molecule has 102 valence electrons. The van der Waals surface area contributed by atoms with Crippen molar-refractivity contribution < 1.29 is 8.60 Å². The van der Waals surface area contributed by atoms with Crippen LogP contribution in [0.2, 0.25) is 0 Å². The Kier molecular flexibility index (Phi) is 5.97. The maximum absolute atomic E-state index is 13.5. The summed E-state index contributed by atoms with van der Waals surface area (Å²) in [5.41, 5.74) is 0. The molecule has 0 aliphatic carbocycles. The van der Waals surface area contributed by atoms with Gasteiger partial charge in [0.1, 0.15) is 0 Å². The van der Waals surface area contributed by atoms with Crippen molar-refractivity contribution in [1.82, 2.24) is 9.97 Å². The largest absolute Gasteiger partial charge is 0.365 e. The van der Waals surface area contributed by atoms with Gasteiger partial charge in [-0.05, 0) is 20.3 Å². The Hall–Kier alpha value is -1.24. The molecule has 0 amide bonds. The van der Waals surface area contributed by atoms with E-state index < -0.39 is 16.6 Å². The van der Waals surface area contributed by atoms with Crippen LogP contribution in [0.1, 0.15) is 20.3 Å². The normalized spacial score (nSPS) is 14.0. The van der Waals surface area contributed by atoms with Crippen LogP contribution in [-0.4, -0.2) is 38.8 Å². The van der Waals surface area contributed by atoms with Crippen molar-refractivity contribution in [2.75, 3.05) is 29.2 Å². The third-order valence-corrected chi connectivity index (χ3v) is 3.11. The van der Waals surface area contributed by atoms with E-state index in [-0.39, 0.29) is 11.9 Å². The first kappa shape index (κ1) is 14.8. The fraction of sp³-hybridized carbons (Fsp3) is 0.636. The van der Waals surface area contributed by atoms with Gasteiger partial charge >= 0.3 is 0 Å². The van der Waals surface area contributed by atoms with Gasteiger partial charge in [-0.15, -0.1) is 0 Å². The van der Waals surface area contributed by atoms with Gasteiger partial charge in [-0.3, -0.25) is 4.21 Å². The third-order valence-electron chi connectivity index (χ3n) is 2.30. The summed E-state index contributed by atoms with van der Waals surface area (Å²) in [5.74, 6) is 0.671. The van der Waals surface area contributed by atoms with Crippen LogP contribution in [0.15, 0.2) is 6.20 Å². The predicted molar refractivity (Wildman–Crippen MR) is 72.8 cm³/mol. The highest BCUT2D eigenvalue weighted by Gasteiger charge is 2.10. The van der Waals surface area contributed by atoms with Gasteiger partial charge in [-0.2, -0.15) is 4.98 Å². The second-order valence-corrected chi connectivity index (χ2v) is 5.59. The Morgan fingerprint density at radius 2 is 2.28 bits per heavy atom. The second kappa shape index (κ2) is 7.25. The van der Waals surface area contributed by atoms with E-state index in [1.165, 1.54) is 0 Å². The minimum absolute atomic E-state index is 0.00720. The molecule has 0 aromatic carbocycles. The van der Waals surface area contributed by atoms with Crippen molar-refractivity contribution in [2.24, 2.45) is 0 Å². The Morgan fingerprint density at radius 3 is 2.89 bits per heavy atom. The molecule has 2 unspecified atom stereocenters. The van der Waals surface area contributed by atoms with E-state index in [2.05, 4.69) is 20.6 Å². The standard InChI is InChI=1S/C11H19FN4OS/c1-4-13-11-14-7-9(12)10(16-11)15-8(2)5-6-18(3)17/h7-8H,4-6H2,1-3H3,(H2,13,14,15,16). The molecule has 1 rings (SSSR count). The Bertz CT molecular complexity index is 416. The summed E-state index contributed by atoms with van der Waals surface area (Å²) in [6.45, 7) is 4.50. The Morgan fingerprint density at radius 1 is 1.56 bits per heavy atom. The molecule has 7 heteroatoms. The smallest absolute Gasteiger partial charge is 0.224 e. The molecule has 0 fully saturated rings. The van der Waals surface area contributed by atoms with E-state index in [0.29, 0.717) is 24.7 Å². The first-order valence-corrected chi connectivity index (χ1v) is 7.58. The fourth-order valence-corrected chi connectivity index (χ4v) is 2.05. The van der Waals surface area contributed by atoms with Crippen LogP contribution in [0.4, 0.5) is 16.2 Å². The number of rotatable bonds is 7. The number of nitrogens with one attached hydrogen (secondary N) is 2. The Balaban J connectivity index is 2.64. The zero-order valence-electron chi connectivity index (χ0n) is 10.9. The maximum atomic E-state index is 13.5. The zero-order valence-corrected chi connectivity index (χ0v) is 11.7. The number of hydrogen-bond acceptors (Lipinski definition) is 5. The monoisotopic (exact) mass is 274 g/mol. The van der Waals surface area contributed by atoms with Gasteiger partial charge in [0.15, 0.2) is 11.6 Å². The van der Waals surface area contributed by atoms with Crippen LogP contribution in [0.5, 0.6) is 0 Å². The molecule has 1 aromatic heterocycles. The molecule has 0 saturated carbocycles. The molecule has 2 atom stereocenters. The average Bonchev–Trinajstić information content (AvgIpc) is 2.31. The molecular formula is C11H19FN4OS. The van der Waals surface area contributed by atoms with Crippen molar-refractivity contribution in [3.63, 3.8) is 0 Å². The molecule has 0 bridgehead atoms. The first-order valence-electron chi connectivity index (χ1n) is 5.86. The number of nitrogens with zero attached hydrogens (tertiary/aromatic N) is 2. The van der Waals surface area contributed by atoms with Crippen molar-refractivity contribution in [3.8, 4) is 0 Å². The van der Waals surface area contributed by atoms with Crippen LogP contribution in [0.3, 0.4) is 0 Å². The summed E-state index contributed by atoms with van der Waals surface area (Å²) >= 11 is 0. The summed E-state index contributed by atoms with van der Waals surface area (Å²) in [4.78, 5) is 7.87. The van der Waals surface area contributed by atoms with Crippen molar-refractivity contribution in [1.29, 1.82) is 0 Å². The second-order valence-electron chi connectivity index (χ2n) is 4.03. The van der Waals surface area contributed by atoms with E-state index in [1.807, 2.05) is 13.8 Å². The predicted octanol–water partition coefficient (Wildman–Crippen LogP) is 1.62. The van der Waals surface area contributed by atoms with Crippen molar-refractivity contribution >= 4 is 22.6 Å². The lowest BCUT2D eigenvalue weighted by atomic mass is 10.2. The van der Waals surface area contributed by atoms with Gasteiger partial charge < -0.3 is 10.6 Å². The van der Waals surface area contributed by atoms with Crippen LogP contribution < -0.4 is 10.6 Å². The van der Waals surface area contributed by atoms with Gasteiger partial charge in [0.2, 0.25) is 5.95 Å². The lowest BCUT2D eigenvalue weighted by molar-refractivity contribution is 0.611. The van der Waals surface area contributed by atoms with Crippen LogP contribution in [0, 0.1) is 5.82 Å². The first-order chi connectivity index (χ1) is 8.52. The van der Waals surface area contributed by atoms with Crippen LogP contribution >= 0.6 is 0 Å². The SMILES string of the molecule is CCNc1ncc(F)c(NC(C)CCS(C)=O)n1. The maximum Gasteiger partial charge on any atom is 0.224 e. The molecule has 0 saturated heterocycles. The lowest BCUT2D eigenvalue weighted by Gasteiger charge is -2.14. The number of hydrogen-bond donors (Lipinski definition) is 2. The molecule has 0 radical (unpaired) electrons. The van der Waals surface area contributed by atoms with E-state index in [9.17, 15) is 8.60 Å². The number of halogens is 1. The average molecular weight is 274 g/mol. The molecule has 0 aliphatic rings. The van der Waals surface area contributed by atoms with E-state index >= 15 is 0 Å². The van der Waals surface area contributed by atoms with Crippen molar-refractivity contribution in [2.45, 2.75) is 26.3 Å².